The summed E-state index contributed by atoms with van der Waals surface area (Å²) in [5.74, 6) is -0.112. The van der Waals surface area contributed by atoms with E-state index >= 15 is 0 Å². The third kappa shape index (κ3) is 3.91. The summed E-state index contributed by atoms with van der Waals surface area (Å²) in [5, 5.41) is 0.432. The van der Waals surface area contributed by atoms with Gasteiger partial charge in [0.25, 0.3) is 0 Å². The molecule has 0 bridgehead atoms. The highest BCUT2D eigenvalue weighted by molar-refractivity contribution is 6.34. The predicted molar refractivity (Wildman–Crippen MR) is 111 cm³/mol. The van der Waals surface area contributed by atoms with Crippen molar-refractivity contribution < 1.29 is 14.3 Å². The Morgan fingerprint density at radius 2 is 1.79 bits per heavy atom. The number of carbonyl (C=O) groups excluding carboxylic acids is 2. The van der Waals surface area contributed by atoms with Gasteiger partial charge in [-0.05, 0) is 36.2 Å². The number of ether oxygens (including phenoxy) is 1. The summed E-state index contributed by atoms with van der Waals surface area (Å²) < 4.78 is 5.42. The molecule has 2 aromatic carbocycles. The van der Waals surface area contributed by atoms with E-state index in [0.29, 0.717) is 17.1 Å². The largest absolute Gasteiger partial charge is 0.378 e. The molecule has 2 aliphatic rings. The Kier molecular flexibility index (Phi) is 5.64. The van der Waals surface area contributed by atoms with Gasteiger partial charge in [0.15, 0.2) is 5.78 Å². The number of nitrogens with zero attached hydrogens (tertiary/aromatic N) is 2. The maximum Gasteiger partial charge on any atom is 0.227 e. The summed E-state index contributed by atoms with van der Waals surface area (Å²) in [6, 6.07) is 13.3. The molecule has 0 N–H and O–H groups in total. The minimum Gasteiger partial charge on any atom is -0.378 e. The van der Waals surface area contributed by atoms with E-state index in [-0.39, 0.29) is 24.5 Å². The molecule has 4 rings (SSSR count). The first-order chi connectivity index (χ1) is 13.6. The molecule has 0 aromatic heterocycles. The maximum atomic E-state index is 12.8. The molecule has 0 aliphatic carbocycles. The van der Waals surface area contributed by atoms with Crippen LogP contribution in [-0.4, -0.2) is 44.5 Å². The molecule has 2 aliphatic heterocycles. The summed E-state index contributed by atoms with van der Waals surface area (Å²) in [4.78, 5) is 29.3. The Labute approximate surface area is 169 Å². The Hall–Kier alpha value is -2.37. The van der Waals surface area contributed by atoms with Gasteiger partial charge in [-0.15, -0.1) is 0 Å². The first kappa shape index (κ1) is 19.0. The molecule has 1 fully saturated rings. The van der Waals surface area contributed by atoms with Crippen molar-refractivity contribution in [3.8, 4) is 0 Å². The van der Waals surface area contributed by atoms with Crippen molar-refractivity contribution >= 4 is 34.7 Å². The molecule has 0 atom stereocenters. The topological polar surface area (TPSA) is 49.9 Å². The number of fused-ring (bicyclic) bond motifs is 1. The average molecular weight is 399 g/mol. The summed E-state index contributed by atoms with van der Waals surface area (Å²) >= 11 is 6.09. The molecule has 0 spiro atoms. The van der Waals surface area contributed by atoms with E-state index in [9.17, 15) is 9.59 Å². The molecule has 146 valence electrons. The second-order valence-electron chi connectivity index (χ2n) is 7.11. The van der Waals surface area contributed by atoms with E-state index < -0.39 is 0 Å². The molecule has 0 radical (unpaired) electrons. The van der Waals surface area contributed by atoms with E-state index in [1.54, 1.807) is 24.3 Å². The number of anilines is 2. The van der Waals surface area contributed by atoms with Gasteiger partial charge in [0, 0.05) is 49.4 Å². The van der Waals surface area contributed by atoms with Crippen molar-refractivity contribution in [3.05, 3.63) is 58.6 Å². The van der Waals surface area contributed by atoms with Crippen molar-refractivity contribution in [2.45, 2.75) is 19.3 Å². The van der Waals surface area contributed by atoms with Crippen molar-refractivity contribution in [2.75, 3.05) is 42.6 Å². The van der Waals surface area contributed by atoms with Gasteiger partial charge in [-0.2, -0.15) is 0 Å². The number of morpholine rings is 1. The molecular weight excluding hydrogens is 376 g/mol. The van der Waals surface area contributed by atoms with E-state index in [1.165, 1.54) is 5.56 Å². The first-order valence-electron chi connectivity index (χ1n) is 9.67. The number of halogens is 1. The average Bonchev–Trinajstić information content (AvgIpc) is 3.16. The molecule has 28 heavy (non-hydrogen) atoms. The van der Waals surface area contributed by atoms with Gasteiger partial charge in [0.1, 0.15) is 0 Å². The van der Waals surface area contributed by atoms with Crippen LogP contribution in [0.5, 0.6) is 0 Å². The van der Waals surface area contributed by atoms with E-state index in [0.717, 1.165) is 44.1 Å². The number of Topliss-reactive ketones (excluding diaryl/α,β-unsaturated/α-hetero) is 1. The van der Waals surface area contributed by atoms with E-state index in [2.05, 4.69) is 23.1 Å². The van der Waals surface area contributed by atoms with E-state index in [1.807, 2.05) is 4.90 Å². The third-order valence-electron chi connectivity index (χ3n) is 5.38. The van der Waals surface area contributed by atoms with Gasteiger partial charge in [0.05, 0.1) is 18.2 Å². The van der Waals surface area contributed by atoms with Gasteiger partial charge >= 0.3 is 0 Å². The van der Waals surface area contributed by atoms with Crippen LogP contribution in [-0.2, 0) is 16.0 Å². The number of ketones is 1. The second-order valence-corrected chi connectivity index (χ2v) is 7.52. The van der Waals surface area contributed by atoms with Gasteiger partial charge in [0.2, 0.25) is 5.91 Å². The van der Waals surface area contributed by atoms with Crippen molar-refractivity contribution in [1.82, 2.24) is 0 Å². The molecule has 0 saturated carbocycles. The lowest BCUT2D eigenvalue weighted by Crippen LogP contribution is -2.36. The fraction of sp³-hybridized carbons (Fsp3) is 0.364. The molecule has 6 heteroatoms. The Bertz CT molecular complexity index is 893. The van der Waals surface area contributed by atoms with Gasteiger partial charge < -0.3 is 14.5 Å². The Morgan fingerprint density at radius 1 is 1.00 bits per heavy atom. The summed E-state index contributed by atoms with van der Waals surface area (Å²) in [6.45, 7) is 3.84. The lowest BCUT2D eigenvalue weighted by Gasteiger charge is -2.29. The smallest absolute Gasteiger partial charge is 0.227 e. The van der Waals surface area contributed by atoms with Gasteiger partial charge in [-0.25, -0.2) is 0 Å². The fourth-order valence-corrected chi connectivity index (χ4v) is 4.06. The summed E-state index contributed by atoms with van der Waals surface area (Å²) in [7, 11) is 0. The number of hydrogen-bond acceptors (Lipinski definition) is 4. The second kappa shape index (κ2) is 8.33. The SMILES string of the molecule is O=C(CCC(=O)N1CCc2ccc(N3CCOCC3)cc21)c1ccccc1Cl. The number of rotatable bonds is 5. The van der Waals surface area contributed by atoms with Crippen LogP contribution in [0.1, 0.15) is 28.8 Å². The van der Waals surface area contributed by atoms with Crippen LogP contribution in [0.25, 0.3) is 0 Å². The van der Waals surface area contributed by atoms with Crippen LogP contribution < -0.4 is 9.80 Å². The van der Waals surface area contributed by atoms with Crippen molar-refractivity contribution in [2.24, 2.45) is 0 Å². The Morgan fingerprint density at radius 3 is 2.57 bits per heavy atom. The van der Waals surface area contributed by atoms with Crippen LogP contribution in [0.4, 0.5) is 11.4 Å². The quantitative estimate of drug-likeness (QED) is 0.720. The molecule has 1 saturated heterocycles. The molecule has 5 nitrogen and oxygen atoms in total. The number of carbonyl (C=O) groups is 2. The minimum absolute atomic E-state index is 0.0155. The summed E-state index contributed by atoms with van der Waals surface area (Å²) in [6.07, 6.45) is 1.20. The minimum atomic E-state index is -0.0968. The molecular formula is C22H23ClN2O3. The number of benzene rings is 2. The third-order valence-corrected chi connectivity index (χ3v) is 5.71. The van der Waals surface area contributed by atoms with Crippen molar-refractivity contribution in [3.63, 3.8) is 0 Å². The van der Waals surface area contributed by atoms with Crippen LogP contribution in [0.2, 0.25) is 5.02 Å². The van der Waals surface area contributed by atoms with Gasteiger partial charge in [-0.3, -0.25) is 9.59 Å². The van der Waals surface area contributed by atoms with Gasteiger partial charge in [-0.1, -0.05) is 29.8 Å². The highest BCUT2D eigenvalue weighted by Gasteiger charge is 2.26. The molecule has 1 amide bonds. The highest BCUT2D eigenvalue weighted by Crippen LogP contribution is 2.33. The van der Waals surface area contributed by atoms with Crippen LogP contribution in [0.15, 0.2) is 42.5 Å². The van der Waals surface area contributed by atoms with Crippen LogP contribution in [0, 0.1) is 0 Å². The molecule has 2 aromatic rings. The number of amides is 1. The summed E-state index contributed by atoms with van der Waals surface area (Å²) in [5.41, 5.74) is 3.75. The molecule has 0 unspecified atom stereocenters. The predicted octanol–water partition coefficient (Wildman–Crippen LogP) is 3.73. The number of hydrogen-bond donors (Lipinski definition) is 0. The normalized spacial score (nSPS) is 16.2. The lowest BCUT2D eigenvalue weighted by molar-refractivity contribution is -0.118. The first-order valence-corrected chi connectivity index (χ1v) is 10.0. The molecule has 2 heterocycles. The zero-order valence-electron chi connectivity index (χ0n) is 15.7. The lowest BCUT2D eigenvalue weighted by atomic mass is 10.1. The Balaban J connectivity index is 1.44. The monoisotopic (exact) mass is 398 g/mol. The standard InChI is InChI=1S/C22H23ClN2O3/c23-19-4-2-1-3-18(19)21(26)7-8-22(27)25-10-9-16-5-6-17(15-20(16)25)24-11-13-28-14-12-24/h1-6,15H,7-14H2. The maximum absolute atomic E-state index is 12.8. The van der Waals surface area contributed by atoms with E-state index in [4.69, 9.17) is 16.3 Å². The zero-order valence-corrected chi connectivity index (χ0v) is 16.5. The fourth-order valence-electron chi connectivity index (χ4n) is 3.82. The van der Waals surface area contributed by atoms with Crippen LogP contribution in [0.3, 0.4) is 0 Å². The highest BCUT2D eigenvalue weighted by atomic mass is 35.5. The zero-order chi connectivity index (χ0) is 19.5. The van der Waals surface area contributed by atoms with Crippen LogP contribution >= 0.6 is 11.6 Å². The van der Waals surface area contributed by atoms with Crippen molar-refractivity contribution in [1.29, 1.82) is 0 Å².